The van der Waals surface area contributed by atoms with Crippen LogP contribution in [0.2, 0.25) is 5.02 Å². The molecular weight excluding hydrogens is 344 g/mol. The van der Waals surface area contributed by atoms with Crippen LogP contribution in [0.15, 0.2) is 42.5 Å². The molecule has 0 aliphatic rings. The van der Waals surface area contributed by atoms with Gasteiger partial charge in [-0.15, -0.1) is 0 Å². The lowest BCUT2D eigenvalue weighted by molar-refractivity contribution is -0.115. The first-order valence-corrected chi connectivity index (χ1v) is 8.51. The Bertz CT molecular complexity index is 734. The number of amides is 1. The van der Waals surface area contributed by atoms with E-state index in [1.807, 2.05) is 0 Å². The first kappa shape index (κ1) is 17.6. The monoisotopic (exact) mass is 357 g/mol. The summed E-state index contributed by atoms with van der Waals surface area (Å²) < 4.78 is 39.5. The van der Waals surface area contributed by atoms with Crippen molar-refractivity contribution in [1.82, 2.24) is 0 Å². The molecule has 1 N–H and O–H groups in total. The number of rotatable bonds is 5. The third kappa shape index (κ3) is 4.36. The molecule has 0 aromatic heterocycles. The molecule has 2 rings (SSSR count). The van der Waals surface area contributed by atoms with E-state index in [-0.39, 0.29) is 22.0 Å². The zero-order valence-corrected chi connectivity index (χ0v) is 13.8. The van der Waals surface area contributed by atoms with E-state index in [1.165, 1.54) is 43.3 Å². The Morgan fingerprint density at radius 2 is 1.83 bits per heavy atom. The van der Waals surface area contributed by atoms with Crippen molar-refractivity contribution in [3.05, 3.63) is 64.7 Å². The minimum Gasteiger partial charge on any atom is -0.323 e. The van der Waals surface area contributed by atoms with Gasteiger partial charge in [0.25, 0.3) is 0 Å². The number of nitrogens with one attached hydrogen (secondary N) is 1. The lowest BCUT2D eigenvalue weighted by Gasteiger charge is -2.13. The molecule has 0 bridgehead atoms. The Labute approximate surface area is 140 Å². The second-order valence-corrected chi connectivity index (χ2v) is 7.00. The molecule has 0 heterocycles. The third-order valence-corrected chi connectivity index (χ3v) is 5.17. The van der Waals surface area contributed by atoms with Crippen molar-refractivity contribution in [3.63, 3.8) is 0 Å². The van der Waals surface area contributed by atoms with Gasteiger partial charge in [-0.1, -0.05) is 29.8 Å². The molecule has 0 saturated heterocycles. The Morgan fingerprint density at radius 3 is 2.48 bits per heavy atom. The number of carbonyl (C=O) groups excluding carboxylic acids is 1. The lowest BCUT2D eigenvalue weighted by atomic mass is 10.2. The van der Waals surface area contributed by atoms with E-state index in [1.54, 1.807) is 6.07 Å². The summed E-state index contributed by atoms with van der Waals surface area (Å²) in [6.45, 7) is 1.43. The van der Waals surface area contributed by atoms with Gasteiger partial charge >= 0.3 is 0 Å². The molecule has 0 fully saturated rings. The van der Waals surface area contributed by atoms with Gasteiger partial charge in [-0.2, -0.15) is 0 Å². The fourth-order valence-electron chi connectivity index (χ4n) is 1.85. The van der Waals surface area contributed by atoms with Crippen molar-refractivity contribution < 1.29 is 17.8 Å². The summed E-state index contributed by atoms with van der Waals surface area (Å²) in [5.74, 6) is -1.97. The SMILES string of the molecule is C[C@@H](C(=O)Nc1ccccc1F)[S@](=O)Cc1c(F)cccc1Cl. The molecular formula is C16H14ClF2NO2S. The predicted octanol–water partition coefficient (Wildman–Crippen LogP) is 3.89. The Morgan fingerprint density at radius 1 is 1.17 bits per heavy atom. The van der Waals surface area contributed by atoms with Gasteiger partial charge in [0.15, 0.2) is 0 Å². The molecule has 2 aromatic carbocycles. The number of carbonyl (C=O) groups is 1. The number of halogens is 3. The molecule has 122 valence electrons. The molecule has 3 nitrogen and oxygen atoms in total. The van der Waals surface area contributed by atoms with Gasteiger partial charge in [0.2, 0.25) is 5.91 Å². The molecule has 0 unspecified atom stereocenters. The maximum atomic E-state index is 13.7. The van der Waals surface area contributed by atoms with Crippen LogP contribution in [0, 0.1) is 11.6 Å². The smallest absolute Gasteiger partial charge is 0.239 e. The Balaban J connectivity index is 2.07. The minimum atomic E-state index is -1.71. The molecule has 0 spiro atoms. The highest BCUT2D eigenvalue weighted by molar-refractivity contribution is 7.85. The van der Waals surface area contributed by atoms with Crippen LogP contribution >= 0.6 is 11.6 Å². The predicted molar refractivity (Wildman–Crippen MR) is 87.7 cm³/mol. The van der Waals surface area contributed by atoms with Gasteiger partial charge in [0.05, 0.1) is 11.4 Å². The largest absolute Gasteiger partial charge is 0.323 e. The molecule has 2 atom stereocenters. The fraction of sp³-hybridized carbons (Fsp3) is 0.188. The average molecular weight is 358 g/mol. The van der Waals surface area contributed by atoms with Crippen LogP contribution in [0.5, 0.6) is 0 Å². The van der Waals surface area contributed by atoms with E-state index >= 15 is 0 Å². The van der Waals surface area contributed by atoms with Gasteiger partial charge in [0.1, 0.15) is 16.9 Å². The zero-order chi connectivity index (χ0) is 17.0. The first-order valence-electron chi connectivity index (χ1n) is 6.75. The summed E-state index contributed by atoms with van der Waals surface area (Å²) in [6, 6.07) is 9.81. The third-order valence-electron chi connectivity index (χ3n) is 3.24. The second kappa shape index (κ2) is 7.66. The molecule has 0 aliphatic carbocycles. The molecule has 0 saturated carbocycles. The van der Waals surface area contributed by atoms with Gasteiger partial charge in [-0.3, -0.25) is 9.00 Å². The molecule has 23 heavy (non-hydrogen) atoms. The average Bonchev–Trinajstić information content (AvgIpc) is 2.52. The van der Waals surface area contributed by atoms with Crippen LogP contribution in [0.3, 0.4) is 0 Å². The highest BCUT2D eigenvalue weighted by Crippen LogP contribution is 2.22. The summed E-state index contributed by atoms with van der Waals surface area (Å²) in [5.41, 5.74) is 0.100. The summed E-state index contributed by atoms with van der Waals surface area (Å²) in [7, 11) is -1.71. The van der Waals surface area contributed by atoms with Crippen molar-refractivity contribution in [2.75, 3.05) is 5.32 Å². The first-order chi connectivity index (χ1) is 10.9. The molecule has 0 aliphatic heterocycles. The lowest BCUT2D eigenvalue weighted by Crippen LogP contribution is -2.30. The van der Waals surface area contributed by atoms with Gasteiger partial charge in [0, 0.05) is 21.4 Å². The molecule has 1 amide bonds. The van der Waals surface area contributed by atoms with Crippen LogP contribution < -0.4 is 5.32 Å². The zero-order valence-electron chi connectivity index (χ0n) is 12.2. The number of benzene rings is 2. The van der Waals surface area contributed by atoms with E-state index < -0.39 is 33.6 Å². The Hall–Kier alpha value is -1.79. The van der Waals surface area contributed by atoms with Crippen molar-refractivity contribution in [2.24, 2.45) is 0 Å². The van der Waals surface area contributed by atoms with E-state index in [9.17, 15) is 17.8 Å². The Kier molecular flexibility index (Phi) is 5.85. The standard InChI is InChI=1S/C16H14ClF2NO2S/c1-10(16(21)20-15-8-3-2-6-14(15)19)23(22)9-11-12(17)5-4-7-13(11)18/h2-8,10H,9H2,1H3,(H,20,21)/t10-,23+/m0/s1. The van der Waals surface area contributed by atoms with Gasteiger partial charge < -0.3 is 5.32 Å². The summed E-state index contributed by atoms with van der Waals surface area (Å²) in [5, 5.41) is 1.57. The van der Waals surface area contributed by atoms with Crippen LogP contribution in [-0.2, 0) is 21.3 Å². The van der Waals surface area contributed by atoms with Gasteiger partial charge in [-0.05, 0) is 31.2 Å². The van der Waals surface area contributed by atoms with E-state index in [0.717, 1.165) is 0 Å². The van der Waals surface area contributed by atoms with Crippen molar-refractivity contribution >= 4 is 34.0 Å². The summed E-state index contributed by atoms with van der Waals surface area (Å²) in [4.78, 5) is 12.1. The molecule has 7 heteroatoms. The fourth-order valence-corrected chi connectivity index (χ4v) is 3.29. The molecule has 0 radical (unpaired) electrons. The summed E-state index contributed by atoms with van der Waals surface area (Å²) in [6.07, 6.45) is 0. The van der Waals surface area contributed by atoms with Crippen LogP contribution in [0.1, 0.15) is 12.5 Å². The maximum Gasteiger partial charge on any atom is 0.239 e. The van der Waals surface area contributed by atoms with Crippen molar-refractivity contribution in [2.45, 2.75) is 17.9 Å². The van der Waals surface area contributed by atoms with Crippen molar-refractivity contribution in [3.8, 4) is 0 Å². The highest BCUT2D eigenvalue weighted by Gasteiger charge is 2.23. The molecule has 2 aromatic rings. The number of para-hydroxylation sites is 1. The number of anilines is 1. The summed E-state index contributed by atoms with van der Waals surface area (Å²) >= 11 is 5.88. The number of hydrogen-bond donors (Lipinski definition) is 1. The van der Waals surface area contributed by atoms with Gasteiger partial charge in [-0.25, -0.2) is 8.78 Å². The quantitative estimate of drug-likeness (QED) is 0.882. The van der Waals surface area contributed by atoms with E-state index in [2.05, 4.69) is 5.32 Å². The van der Waals surface area contributed by atoms with Crippen LogP contribution in [-0.4, -0.2) is 15.4 Å². The maximum absolute atomic E-state index is 13.7. The van der Waals surface area contributed by atoms with Crippen LogP contribution in [0.4, 0.5) is 14.5 Å². The van der Waals surface area contributed by atoms with E-state index in [0.29, 0.717) is 0 Å². The van der Waals surface area contributed by atoms with Crippen LogP contribution in [0.25, 0.3) is 0 Å². The normalized spacial score (nSPS) is 13.4. The van der Waals surface area contributed by atoms with E-state index in [4.69, 9.17) is 11.6 Å². The minimum absolute atomic E-state index is 0.00488. The second-order valence-electron chi connectivity index (χ2n) is 4.84. The highest BCUT2D eigenvalue weighted by atomic mass is 35.5. The van der Waals surface area contributed by atoms with Crippen molar-refractivity contribution in [1.29, 1.82) is 0 Å². The number of hydrogen-bond acceptors (Lipinski definition) is 2. The topological polar surface area (TPSA) is 46.2 Å².